The maximum Gasteiger partial charge on any atom is 0.0361 e. The summed E-state index contributed by atoms with van der Waals surface area (Å²) in [5, 5.41) is 12.5. The Bertz CT molecular complexity index is 4530. The Kier molecular flexibility index (Phi) is 10.8. The van der Waals surface area contributed by atoms with E-state index in [1.165, 1.54) is 152 Å². The summed E-state index contributed by atoms with van der Waals surface area (Å²) in [6.07, 6.45) is 0. The van der Waals surface area contributed by atoms with Crippen molar-refractivity contribution in [2.75, 3.05) is 0 Å². The third-order valence-corrected chi connectivity index (χ3v) is 16.9. The van der Waals surface area contributed by atoms with Crippen molar-refractivity contribution in [3.05, 3.63) is 291 Å². The van der Waals surface area contributed by atoms with Gasteiger partial charge < -0.3 is 0 Å². The van der Waals surface area contributed by atoms with Crippen LogP contribution in [0.2, 0.25) is 0 Å². The lowest BCUT2D eigenvalue weighted by molar-refractivity contribution is 1.58. The van der Waals surface area contributed by atoms with Gasteiger partial charge >= 0.3 is 0 Å². The number of benzene rings is 14. The number of hydrogen-bond acceptors (Lipinski definition) is 1. The number of rotatable bonds is 8. The smallest absolute Gasteiger partial charge is 0.0361 e. The Hall–Kier alpha value is -9.66. The second-order valence-electron chi connectivity index (χ2n) is 20.2. The first-order valence-electron chi connectivity index (χ1n) is 26.6. The molecule has 0 spiro atoms. The average Bonchev–Trinajstić information content (AvgIpc) is 3.91. The minimum atomic E-state index is 1.20. The third-order valence-electron chi connectivity index (χ3n) is 15.8. The number of fused-ring (bicyclic) bond motifs is 7. The van der Waals surface area contributed by atoms with Crippen LogP contribution < -0.4 is 0 Å². The average molecular weight is 993 g/mol. The van der Waals surface area contributed by atoms with Crippen LogP contribution in [0.25, 0.3) is 152 Å². The first kappa shape index (κ1) is 44.8. The third kappa shape index (κ3) is 7.66. The van der Waals surface area contributed by atoms with Gasteiger partial charge in [0.05, 0.1) is 0 Å². The van der Waals surface area contributed by atoms with E-state index in [9.17, 15) is 0 Å². The highest BCUT2D eigenvalue weighted by molar-refractivity contribution is 7.26. The van der Waals surface area contributed by atoms with Crippen LogP contribution in [0.15, 0.2) is 291 Å². The van der Waals surface area contributed by atoms with Crippen molar-refractivity contribution in [2.24, 2.45) is 0 Å². The van der Waals surface area contributed by atoms with E-state index < -0.39 is 0 Å². The Morgan fingerprint density at radius 3 is 0.844 bits per heavy atom. The summed E-state index contributed by atoms with van der Waals surface area (Å²) in [5.41, 5.74) is 19.5. The van der Waals surface area contributed by atoms with Gasteiger partial charge in [0.15, 0.2) is 0 Å². The molecule has 15 rings (SSSR count). The molecular weight excluding hydrogens is 945 g/mol. The summed E-state index contributed by atoms with van der Waals surface area (Å²) in [6.45, 7) is 0. The van der Waals surface area contributed by atoms with Gasteiger partial charge in [0.1, 0.15) is 0 Å². The minimum Gasteiger partial charge on any atom is -0.135 e. The SMILES string of the molecule is c1ccc(-c2cc(-c3ccccc3)cc(-c3c4ccccc4c(-c4ccc5sc6cccc(-c7c8ccccc8c(-c8cc(-c9ccccc9)cc(-c9ccccc9)c8)c8ccccc78)c6c5c4)c4ccccc34)c2)cc1. The van der Waals surface area contributed by atoms with Crippen LogP contribution in [0.1, 0.15) is 0 Å². The van der Waals surface area contributed by atoms with E-state index in [0.717, 1.165) is 0 Å². The van der Waals surface area contributed by atoms with Crippen molar-refractivity contribution in [1.29, 1.82) is 0 Å². The normalized spacial score (nSPS) is 11.6. The highest BCUT2D eigenvalue weighted by atomic mass is 32.1. The van der Waals surface area contributed by atoms with Crippen molar-refractivity contribution in [1.82, 2.24) is 0 Å². The summed E-state index contributed by atoms with van der Waals surface area (Å²) >= 11 is 1.89. The summed E-state index contributed by atoms with van der Waals surface area (Å²) in [4.78, 5) is 0. The molecule has 14 aromatic carbocycles. The van der Waals surface area contributed by atoms with Gasteiger partial charge in [0.2, 0.25) is 0 Å². The lowest BCUT2D eigenvalue weighted by Crippen LogP contribution is -1.93. The predicted molar refractivity (Wildman–Crippen MR) is 333 cm³/mol. The fourth-order valence-corrected chi connectivity index (χ4v) is 13.5. The van der Waals surface area contributed by atoms with Gasteiger partial charge in [-0.15, -0.1) is 11.3 Å². The maximum atomic E-state index is 2.49. The van der Waals surface area contributed by atoms with Crippen molar-refractivity contribution in [2.45, 2.75) is 0 Å². The van der Waals surface area contributed by atoms with Gasteiger partial charge in [-0.3, -0.25) is 0 Å². The Labute approximate surface area is 452 Å². The molecule has 0 bridgehead atoms. The number of hydrogen-bond donors (Lipinski definition) is 0. The lowest BCUT2D eigenvalue weighted by atomic mass is 9.83. The fourth-order valence-electron chi connectivity index (χ4n) is 12.4. The van der Waals surface area contributed by atoms with E-state index in [1.807, 2.05) is 11.3 Å². The maximum absolute atomic E-state index is 2.49. The van der Waals surface area contributed by atoms with Crippen LogP contribution in [0.4, 0.5) is 0 Å². The summed E-state index contributed by atoms with van der Waals surface area (Å²) in [7, 11) is 0. The van der Waals surface area contributed by atoms with E-state index in [4.69, 9.17) is 0 Å². The fraction of sp³-hybridized carbons (Fsp3) is 0. The van der Waals surface area contributed by atoms with Gasteiger partial charge in [0.25, 0.3) is 0 Å². The molecule has 0 atom stereocenters. The first-order valence-corrected chi connectivity index (χ1v) is 27.4. The highest BCUT2D eigenvalue weighted by Crippen LogP contribution is 2.51. The Morgan fingerprint density at radius 2 is 0.481 bits per heavy atom. The Morgan fingerprint density at radius 1 is 0.169 bits per heavy atom. The molecule has 0 aliphatic rings. The summed E-state index contributed by atoms with van der Waals surface area (Å²) < 4.78 is 2.57. The van der Waals surface area contributed by atoms with E-state index >= 15 is 0 Å². The monoisotopic (exact) mass is 992 g/mol. The van der Waals surface area contributed by atoms with Gasteiger partial charge in [-0.05, 0) is 187 Å². The second kappa shape index (κ2) is 18.6. The minimum absolute atomic E-state index is 1.20. The van der Waals surface area contributed by atoms with Crippen LogP contribution in [0.3, 0.4) is 0 Å². The van der Waals surface area contributed by atoms with Crippen molar-refractivity contribution < 1.29 is 0 Å². The van der Waals surface area contributed by atoms with E-state index in [0.29, 0.717) is 0 Å². The summed E-state index contributed by atoms with van der Waals surface area (Å²) in [5.74, 6) is 0. The molecule has 77 heavy (non-hydrogen) atoms. The van der Waals surface area contributed by atoms with Gasteiger partial charge in [0, 0.05) is 20.2 Å². The molecule has 358 valence electrons. The van der Waals surface area contributed by atoms with Gasteiger partial charge in [-0.1, -0.05) is 237 Å². The molecule has 1 heterocycles. The molecule has 0 unspecified atom stereocenters. The molecule has 0 radical (unpaired) electrons. The van der Waals surface area contributed by atoms with E-state index in [1.54, 1.807) is 0 Å². The molecule has 0 aliphatic carbocycles. The van der Waals surface area contributed by atoms with Crippen LogP contribution in [-0.2, 0) is 0 Å². The zero-order valence-corrected chi connectivity index (χ0v) is 42.9. The standard InChI is InChI=1S/C76H48S/c1-5-22-49(23-6-1)54-42-55(50-24-7-2-8-25-50)45-58(44-54)73-62-32-15-13-30-60(62)72(61-31-14-16-33-63(61)73)53-40-41-70-69(48-53)76-68(38-21-39-71(76)77-70)75-66-36-19-17-34-64(66)74(65-35-18-20-37-67(65)75)59-46-56(51-26-9-3-10-27-51)43-57(47-59)52-28-11-4-12-29-52/h1-48H. The molecular formula is C76H48S. The van der Waals surface area contributed by atoms with E-state index in [-0.39, 0.29) is 0 Å². The topological polar surface area (TPSA) is 0 Å². The molecule has 1 heteroatoms. The molecule has 0 fully saturated rings. The first-order chi connectivity index (χ1) is 38.2. The largest absolute Gasteiger partial charge is 0.135 e. The van der Waals surface area contributed by atoms with Crippen molar-refractivity contribution >= 4 is 74.6 Å². The van der Waals surface area contributed by atoms with E-state index in [2.05, 4.69) is 291 Å². The van der Waals surface area contributed by atoms with Crippen LogP contribution in [-0.4, -0.2) is 0 Å². The Balaban J connectivity index is 0.953. The molecule has 0 nitrogen and oxygen atoms in total. The molecule has 0 aliphatic heterocycles. The molecule has 0 saturated carbocycles. The van der Waals surface area contributed by atoms with Crippen molar-refractivity contribution in [3.63, 3.8) is 0 Å². The molecule has 0 saturated heterocycles. The van der Waals surface area contributed by atoms with Gasteiger partial charge in [-0.25, -0.2) is 0 Å². The second-order valence-corrected chi connectivity index (χ2v) is 21.3. The zero-order chi connectivity index (χ0) is 50.8. The quantitative estimate of drug-likeness (QED) is 0.133. The summed E-state index contributed by atoms with van der Waals surface area (Å²) in [6, 6.07) is 108. The van der Waals surface area contributed by atoms with Crippen LogP contribution in [0, 0.1) is 0 Å². The van der Waals surface area contributed by atoms with Crippen LogP contribution in [0.5, 0.6) is 0 Å². The zero-order valence-electron chi connectivity index (χ0n) is 42.1. The molecule has 0 N–H and O–H groups in total. The molecule has 0 amide bonds. The van der Waals surface area contributed by atoms with Crippen molar-refractivity contribution in [3.8, 4) is 89.0 Å². The van der Waals surface area contributed by atoms with Gasteiger partial charge in [-0.2, -0.15) is 0 Å². The molecule has 15 aromatic rings. The number of thiophene rings is 1. The lowest BCUT2D eigenvalue weighted by Gasteiger charge is -2.20. The highest BCUT2D eigenvalue weighted by Gasteiger charge is 2.23. The predicted octanol–water partition coefficient (Wildman–Crippen LogP) is 22.0. The molecule has 1 aromatic heterocycles. The van der Waals surface area contributed by atoms with Crippen LogP contribution >= 0.6 is 11.3 Å².